The van der Waals surface area contributed by atoms with E-state index in [1.165, 1.54) is 12.1 Å². The van der Waals surface area contributed by atoms with E-state index in [9.17, 15) is 14.0 Å². The van der Waals surface area contributed by atoms with Gasteiger partial charge in [-0.2, -0.15) is 0 Å². The quantitative estimate of drug-likeness (QED) is 0.736. The summed E-state index contributed by atoms with van der Waals surface area (Å²) in [5, 5.41) is 17.7. The number of carbonyl (C=O) groups excluding carboxylic acids is 1. The monoisotopic (exact) mass is 226 g/mol. The number of benzene rings is 1. The Hall–Kier alpha value is -1.75. The second-order valence-electron chi connectivity index (χ2n) is 3.30. The number of aldehydes is 1. The van der Waals surface area contributed by atoms with Gasteiger partial charge in [-0.15, -0.1) is 0 Å². The zero-order chi connectivity index (χ0) is 12.1. The van der Waals surface area contributed by atoms with Gasteiger partial charge in [-0.3, -0.25) is 0 Å². The number of rotatable bonds is 5. The van der Waals surface area contributed by atoms with Crippen molar-refractivity contribution in [1.29, 1.82) is 0 Å². The van der Waals surface area contributed by atoms with E-state index >= 15 is 0 Å². The molecule has 0 aliphatic carbocycles. The van der Waals surface area contributed by atoms with E-state index in [0.29, 0.717) is 12.0 Å². The number of aryl methyl sites for hydroxylation is 1. The highest BCUT2D eigenvalue weighted by Gasteiger charge is 2.19. The standard InChI is InChI=1S/C11H11FO4/c12-9-6-7(2-1-5-13)3-4-8(9)10(14)11(15)16/h3-6,10,14H,1-2H2,(H,15,16). The van der Waals surface area contributed by atoms with E-state index in [-0.39, 0.29) is 12.0 Å². The number of aliphatic carboxylic acids is 1. The summed E-state index contributed by atoms with van der Waals surface area (Å²) in [6.45, 7) is 0. The van der Waals surface area contributed by atoms with Crippen LogP contribution in [0, 0.1) is 5.82 Å². The van der Waals surface area contributed by atoms with Crippen LogP contribution in [0.4, 0.5) is 4.39 Å². The second kappa shape index (κ2) is 5.37. The fourth-order valence-electron chi connectivity index (χ4n) is 1.31. The molecule has 5 heteroatoms. The lowest BCUT2D eigenvalue weighted by Gasteiger charge is -2.08. The van der Waals surface area contributed by atoms with Crippen LogP contribution in [0.25, 0.3) is 0 Å². The summed E-state index contributed by atoms with van der Waals surface area (Å²) >= 11 is 0. The van der Waals surface area contributed by atoms with Gasteiger partial charge in [0.1, 0.15) is 12.1 Å². The molecule has 1 aromatic rings. The Bertz CT molecular complexity index is 403. The molecule has 1 rings (SSSR count). The average Bonchev–Trinajstić information content (AvgIpc) is 2.25. The average molecular weight is 226 g/mol. The van der Waals surface area contributed by atoms with Crippen molar-refractivity contribution in [2.24, 2.45) is 0 Å². The summed E-state index contributed by atoms with van der Waals surface area (Å²) in [6, 6.07) is 3.84. The number of carboxylic acids is 1. The largest absolute Gasteiger partial charge is 0.479 e. The highest BCUT2D eigenvalue weighted by Crippen LogP contribution is 2.19. The molecular formula is C11H11FO4. The van der Waals surface area contributed by atoms with Gasteiger partial charge >= 0.3 is 5.97 Å². The molecule has 0 saturated carbocycles. The maximum atomic E-state index is 13.4. The first kappa shape index (κ1) is 12.3. The molecule has 1 unspecified atom stereocenters. The highest BCUT2D eigenvalue weighted by atomic mass is 19.1. The van der Waals surface area contributed by atoms with Gasteiger partial charge in [0.2, 0.25) is 0 Å². The van der Waals surface area contributed by atoms with E-state index in [1.54, 1.807) is 0 Å². The van der Waals surface area contributed by atoms with Gasteiger partial charge in [0, 0.05) is 12.0 Å². The molecule has 1 atom stereocenters. The zero-order valence-corrected chi connectivity index (χ0v) is 8.39. The van der Waals surface area contributed by atoms with Crippen LogP contribution in [0.1, 0.15) is 23.7 Å². The summed E-state index contributed by atoms with van der Waals surface area (Å²) in [7, 11) is 0. The van der Waals surface area contributed by atoms with Gasteiger partial charge in [0.25, 0.3) is 0 Å². The number of aliphatic hydroxyl groups excluding tert-OH is 1. The van der Waals surface area contributed by atoms with Crippen LogP contribution < -0.4 is 0 Å². The Morgan fingerprint density at radius 3 is 2.69 bits per heavy atom. The second-order valence-corrected chi connectivity index (χ2v) is 3.30. The number of halogens is 1. The molecule has 0 aliphatic heterocycles. The predicted octanol–water partition coefficient (Wildman–Crippen LogP) is 1.08. The van der Waals surface area contributed by atoms with Gasteiger partial charge in [-0.1, -0.05) is 12.1 Å². The van der Waals surface area contributed by atoms with Crippen molar-refractivity contribution in [3.05, 3.63) is 35.1 Å². The first-order chi connectivity index (χ1) is 7.56. The molecule has 1 aromatic carbocycles. The lowest BCUT2D eigenvalue weighted by atomic mass is 10.0. The molecule has 0 saturated heterocycles. The molecule has 4 nitrogen and oxygen atoms in total. The van der Waals surface area contributed by atoms with Crippen LogP contribution in [0.3, 0.4) is 0 Å². The van der Waals surface area contributed by atoms with Gasteiger partial charge < -0.3 is 15.0 Å². The van der Waals surface area contributed by atoms with E-state index in [4.69, 9.17) is 10.2 Å². The van der Waals surface area contributed by atoms with E-state index in [0.717, 1.165) is 12.4 Å². The van der Waals surface area contributed by atoms with Crippen molar-refractivity contribution in [1.82, 2.24) is 0 Å². The molecule has 0 aliphatic rings. The summed E-state index contributed by atoms with van der Waals surface area (Å²) in [5.41, 5.74) is 0.313. The van der Waals surface area contributed by atoms with Crippen molar-refractivity contribution < 1.29 is 24.2 Å². The van der Waals surface area contributed by atoms with E-state index in [2.05, 4.69) is 0 Å². The van der Waals surface area contributed by atoms with Gasteiger partial charge in [-0.25, -0.2) is 9.18 Å². The van der Waals surface area contributed by atoms with Crippen LogP contribution in [0.15, 0.2) is 18.2 Å². The zero-order valence-electron chi connectivity index (χ0n) is 8.39. The van der Waals surface area contributed by atoms with Gasteiger partial charge in [0.05, 0.1) is 0 Å². The number of carbonyl (C=O) groups is 2. The van der Waals surface area contributed by atoms with Crippen molar-refractivity contribution in [2.45, 2.75) is 18.9 Å². The number of hydrogen-bond donors (Lipinski definition) is 2. The predicted molar refractivity (Wildman–Crippen MR) is 53.4 cm³/mol. The number of hydrogen-bond acceptors (Lipinski definition) is 3. The van der Waals surface area contributed by atoms with Crippen molar-refractivity contribution >= 4 is 12.3 Å². The third-order valence-corrected chi connectivity index (χ3v) is 2.14. The van der Waals surface area contributed by atoms with Crippen LogP contribution in [-0.2, 0) is 16.0 Å². The molecule has 0 amide bonds. The SMILES string of the molecule is O=CCCc1ccc(C(O)C(=O)O)c(F)c1. The Morgan fingerprint density at radius 1 is 1.50 bits per heavy atom. The molecule has 0 spiro atoms. The van der Waals surface area contributed by atoms with E-state index in [1.807, 2.05) is 0 Å². The van der Waals surface area contributed by atoms with Crippen LogP contribution in [0.5, 0.6) is 0 Å². The molecular weight excluding hydrogens is 215 g/mol. The highest BCUT2D eigenvalue weighted by molar-refractivity contribution is 5.74. The molecule has 0 aromatic heterocycles. The lowest BCUT2D eigenvalue weighted by Crippen LogP contribution is -2.12. The molecule has 0 fully saturated rings. The van der Waals surface area contributed by atoms with Crippen molar-refractivity contribution in [3.63, 3.8) is 0 Å². The summed E-state index contributed by atoms with van der Waals surface area (Å²) in [4.78, 5) is 20.6. The topological polar surface area (TPSA) is 74.6 Å². The van der Waals surface area contributed by atoms with Crippen LogP contribution in [0.2, 0.25) is 0 Å². The minimum atomic E-state index is -1.86. The molecule has 16 heavy (non-hydrogen) atoms. The minimum absolute atomic E-state index is 0.276. The smallest absolute Gasteiger partial charge is 0.337 e. The molecule has 86 valence electrons. The summed E-state index contributed by atoms with van der Waals surface area (Å²) < 4.78 is 13.4. The van der Waals surface area contributed by atoms with Crippen LogP contribution in [-0.4, -0.2) is 22.5 Å². The van der Waals surface area contributed by atoms with Crippen molar-refractivity contribution in [2.75, 3.05) is 0 Å². The Kier molecular flexibility index (Phi) is 4.13. The van der Waals surface area contributed by atoms with Crippen LogP contribution >= 0.6 is 0 Å². The minimum Gasteiger partial charge on any atom is -0.479 e. The van der Waals surface area contributed by atoms with Gasteiger partial charge in [0.15, 0.2) is 6.10 Å². The third kappa shape index (κ3) is 2.87. The fraction of sp³-hybridized carbons (Fsp3) is 0.273. The van der Waals surface area contributed by atoms with E-state index < -0.39 is 17.9 Å². The Labute approximate surface area is 91.3 Å². The maximum Gasteiger partial charge on any atom is 0.337 e. The number of aliphatic hydroxyl groups is 1. The third-order valence-electron chi connectivity index (χ3n) is 2.14. The summed E-state index contributed by atoms with van der Waals surface area (Å²) in [6.07, 6.45) is -0.470. The maximum absolute atomic E-state index is 13.4. The number of carboxylic acid groups (broad SMARTS) is 1. The molecule has 0 bridgehead atoms. The normalized spacial score (nSPS) is 12.1. The molecule has 0 heterocycles. The van der Waals surface area contributed by atoms with Gasteiger partial charge in [-0.05, 0) is 18.1 Å². The lowest BCUT2D eigenvalue weighted by molar-refractivity contribution is -0.147. The Morgan fingerprint density at radius 2 is 2.19 bits per heavy atom. The molecule has 0 radical (unpaired) electrons. The molecule has 2 N–H and O–H groups in total. The summed E-state index contributed by atoms with van der Waals surface area (Å²) in [5.74, 6) is -2.28. The first-order valence-electron chi connectivity index (χ1n) is 4.69. The fourth-order valence-corrected chi connectivity index (χ4v) is 1.31. The Balaban J connectivity index is 2.90. The first-order valence-corrected chi connectivity index (χ1v) is 4.69. The van der Waals surface area contributed by atoms with Crippen molar-refractivity contribution in [3.8, 4) is 0 Å².